The van der Waals surface area contributed by atoms with Crippen LogP contribution in [-0.4, -0.2) is 35.6 Å². The van der Waals surface area contributed by atoms with Crippen LogP contribution in [0.2, 0.25) is 0 Å². The fraction of sp³-hybridized carbons (Fsp3) is 0.500. The van der Waals surface area contributed by atoms with Crippen molar-refractivity contribution in [3.8, 4) is 0 Å². The summed E-state index contributed by atoms with van der Waals surface area (Å²) in [4.78, 5) is 2.64. The summed E-state index contributed by atoms with van der Waals surface area (Å²) in [5, 5.41) is 4.93. The minimum atomic E-state index is 0.884. The first-order chi connectivity index (χ1) is 9.31. The predicted molar refractivity (Wildman–Crippen MR) is 78.0 cm³/mol. The summed E-state index contributed by atoms with van der Waals surface area (Å²) in [5.74, 6) is 1.77. The highest BCUT2D eigenvalue weighted by atomic mass is 15.2. The zero-order valence-corrected chi connectivity index (χ0v) is 11.5. The van der Waals surface area contributed by atoms with E-state index in [4.69, 9.17) is 0 Å². The van der Waals surface area contributed by atoms with Crippen molar-refractivity contribution < 1.29 is 0 Å². The average molecular weight is 255 g/mol. The van der Waals surface area contributed by atoms with E-state index in [9.17, 15) is 0 Å². The molecular weight excluding hydrogens is 234 g/mol. The van der Waals surface area contributed by atoms with Crippen molar-refractivity contribution >= 4 is 10.9 Å². The van der Waals surface area contributed by atoms with Gasteiger partial charge in [0.25, 0.3) is 0 Å². The number of para-hydroxylation sites is 1. The van der Waals surface area contributed by atoms with Gasteiger partial charge in [0.05, 0.1) is 0 Å². The summed E-state index contributed by atoms with van der Waals surface area (Å²) in [6.45, 7) is 6.07. The van der Waals surface area contributed by atoms with E-state index in [0.717, 1.165) is 18.4 Å². The molecule has 0 amide bonds. The van der Waals surface area contributed by atoms with Gasteiger partial charge in [0, 0.05) is 43.8 Å². The molecule has 3 nitrogen and oxygen atoms in total. The topological polar surface area (TPSA) is 20.2 Å². The average Bonchev–Trinajstić information content (AvgIpc) is 3.05. The van der Waals surface area contributed by atoms with Gasteiger partial charge < -0.3 is 9.88 Å². The minimum Gasteiger partial charge on any atom is -0.350 e. The van der Waals surface area contributed by atoms with Crippen molar-refractivity contribution in [1.82, 2.24) is 14.8 Å². The van der Waals surface area contributed by atoms with Crippen molar-refractivity contribution in [3.05, 3.63) is 36.0 Å². The van der Waals surface area contributed by atoms with Crippen LogP contribution in [0.15, 0.2) is 30.5 Å². The second-order valence-corrected chi connectivity index (χ2v) is 6.15. The lowest BCUT2D eigenvalue weighted by molar-refractivity contribution is 0.306. The van der Waals surface area contributed by atoms with Gasteiger partial charge in [0.2, 0.25) is 0 Å². The molecule has 19 heavy (non-hydrogen) atoms. The smallest absolute Gasteiger partial charge is 0.0481 e. The van der Waals surface area contributed by atoms with Crippen molar-refractivity contribution in [2.45, 2.75) is 6.54 Å². The molecule has 3 heterocycles. The maximum Gasteiger partial charge on any atom is 0.0481 e. The Balaban J connectivity index is 1.59. The standard InChI is InChI=1S/C16H21N3/c1-18-8-14(15-4-2-3-5-16(15)18)11-19-9-12-6-17-7-13(12)10-19/h2-5,8,12-13,17H,6-7,9-11H2,1H3/t12-,13+. The largest absolute Gasteiger partial charge is 0.350 e. The van der Waals surface area contributed by atoms with Gasteiger partial charge in [0.1, 0.15) is 0 Å². The number of nitrogens with one attached hydrogen (secondary N) is 1. The quantitative estimate of drug-likeness (QED) is 0.883. The van der Waals surface area contributed by atoms with E-state index in [2.05, 4.69) is 52.3 Å². The second-order valence-electron chi connectivity index (χ2n) is 6.15. The lowest BCUT2D eigenvalue weighted by Crippen LogP contribution is -2.25. The molecule has 2 saturated heterocycles. The number of likely N-dealkylation sites (tertiary alicyclic amines) is 1. The van der Waals surface area contributed by atoms with Crippen molar-refractivity contribution in [2.75, 3.05) is 26.2 Å². The summed E-state index contributed by atoms with van der Waals surface area (Å²) in [5.41, 5.74) is 2.82. The van der Waals surface area contributed by atoms with E-state index >= 15 is 0 Å². The van der Waals surface area contributed by atoms with E-state index < -0.39 is 0 Å². The first-order valence-electron chi connectivity index (χ1n) is 7.27. The molecule has 1 aromatic heterocycles. The Bertz CT molecular complexity index is 589. The maximum absolute atomic E-state index is 3.51. The van der Waals surface area contributed by atoms with Gasteiger partial charge in [-0.15, -0.1) is 0 Å². The molecule has 0 unspecified atom stereocenters. The number of benzene rings is 1. The first-order valence-corrected chi connectivity index (χ1v) is 7.27. The van der Waals surface area contributed by atoms with Crippen molar-refractivity contribution in [1.29, 1.82) is 0 Å². The van der Waals surface area contributed by atoms with Gasteiger partial charge in [-0.05, 0) is 36.6 Å². The van der Waals surface area contributed by atoms with Crippen LogP contribution in [0.25, 0.3) is 10.9 Å². The zero-order valence-electron chi connectivity index (χ0n) is 11.5. The highest BCUT2D eigenvalue weighted by molar-refractivity contribution is 5.83. The van der Waals surface area contributed by atoms with Crippen LogP contribution in [-0.2, 0) is 13.6 Å². The number of fused-ring (bicyclic) bond motifs is 2. The highest BCUT2D eigenvalue weighted by Crippen LogP contribution is 2.29. The molecule has 2 atom stereocenters. The molecule has 3 heteroatoms. The fourth-order valence-corrected chi connectivity index (χ4v) is 3.87. The third-order valence-corrected chi connectivity index (χ3v) is 4.84. The summed E-state index contributed by atoms with van der Waals surface area (Å²) in [6.07, 6.45) is 2.30. The van der Waals surface area contributed by atoms with Crippen LogP contribution in [0.5, 0.6) is 0 Å². The van der Waals surface area contributed by atoms with Gasteiger partial charge in [-0.2, -0.15) is 0 Å². The minimum absolute atomic E-state index is 0.884. The monoisotopic (exact) mass is 255 g/mol. The van der Waals surface area contributed by atoms with Gasteiger partial charge >= 0.3 is 0 Å². The summed E-state index contributed by atoms with van der Waals surface area (Å²) >= 11 is 0. The lowest BCUT2D eigenvalue weighted by atomic mass is 10.0. The maximum atomic E-state index is 3.51. The van der Waals surface area contributed by atoms with Crippen LogP contribution in [0.1, 0.15) is 5.56 Å². The number of rotatable bonds is 2. The molecule has 0 aliphatic carbocycles. The van der Waals surface area contributed by atoms with Gasteiger partial charge in [0.15, 0.2) is 0 Å². The third kappa shape index (κ3) is 1.88. The molecule has 2 aromatic rings. The lowest BCUT2D eigenvalue weighted by Gasteiger charge is -2.16. The number of hydrogen-bond acceptors (Lipinski definition) is 2. The molecule has 1 N–H and O–H groups in total. The first kappa shape index (κ1) is 11.5. The van der Waals surface area contributed by atoms with E-state index in [-0.39, 0.29) is 0 Å². The van der Waals surface area contributed by atoms with Crippen LogP contribution < -0.4 is 5.32 Å². The molecule has 1 aromatic carbocycles. The molecule has 2 aliphatic heterocycles. The Hall–Kier alpha value is -1.32. The molecule has 0 saturated carbocycles. The number of nitrogens with zero attached hydrogens (tertiary/aromatic N) is 2. The molecule has 2 fully saturated rings. The molecule has 2 aliphatic rings. The van der Waals surface area contributed by atoms with Crippen LogP contribution in [0.3, 0.4) is 0 Å². The van der Waals surface area contributed by atoms with Crippen molar-refractivity contribution in [3.63, 3.8) is 0 Å². The highest BCUT2D eigenvalue weighted by Gasteiger charge is 2.35. The third-order valence-electron chi connectivity index (χ3n) is 4.84. The number of aryl methyl sites for hydroxylation is 1. The molecule has 0 radical (unpaired) electrons. The Labute approximate surface area is 114 Å². The van der Waals surface area contributed by atoms with E-state index in [1.165, 1.54) is 42.6 Å². The summed E-state index contributed by atoms with van der Waals surface area (Å²) in [7, 11) is 2.15. The number of hydrogen-bond donors (Lipinski definition) is 1. The molecular formula is C16H21N3. The molecule has 0 spiro atoms. The van der Waals surface area contributed by atoms with Crippen LogP contribution in [0.4, 0.5) is 0 Å². The van der Waals surface area contributed by atoms with E-state index in [0.29, 0.717) is 0 Å². The molecule has 4 rings (SSSR count). The van der Waals surface area contributed by atoms with Gasteiger partial charge in [-0.25, -0.2) is 0 Å². The predicted octanol–water partition coefficient (Wildman–Crippen LogP) is 1.83. The Morgan fingerprint density at radius 1 is 1.16 bits per heavy atom. The Morgan fingerprint density at radius 2 is 1.89 bits per heavy atom. The van der Waals surface area contributed by atoms with Crippen LogP contribution in [0, 0.1) is 11.8 Å². The van der Waals surface area contributed by atoms with Crippen molar-refractivity contribution in [2.24, 2.45) is 18.9 Å². The number of aromatic nitrogens is 1. The van der Waals surface area contributed by atoms with Gasteiger partial charge in [-0.1, -0.05) is 18.2 Å². The zero-order chi connectivity index (χ0) is 12.8. The normalized spacial score (nSPS) is 27.2. The Morgan fingerprint density at radius 3 is 2.68 bits per heavy atom. The van der Waals surface area contributed by atoms with E-state index in [1.54, 1.807) is 0 Å². The summed E-state index contributed by atoms with van der Waals surface area (Å²) < 4.78 is 2.25. The molecule has 100 valence electrons. The second kappa shape index (κ2) is 4.36. The van der Waals surface area contributed by atoms with E-state index in [1.807, 2.05) is 0 Å². The van der Waals surface area contributed by atoms with Gasteiger partial charge in [-0.3, -0.25) is 4.90 Å². The summed E-state index contributed by atoms with van der Waals surface area (Å²) in [6, 6.07) is 8.73. The Kier molecular flexibility index (Phi) is 2.64. The fourth-order valence-electron chi connectivity index (χ4n) is 3.87. The molecule has 0 bridgehead atoms. The SMILES string of the molecule is Cn1cc(CN2C[C@H]3CNC[C@H]3C2)c2ccccc21. The van der Waals surface area contributed by atoms with Crippen LogP contribution >= 0.6 is 0 Å².